The number of nitrogens with two attached hydrogens (primary N) is 1. The predicted molar refractivity (Wildman–Crippen MR) is 41.8 cm³/mol. The van der Waals surface area contributed by atoms with Gasteiger partial charge < -0.3 is 10.5 Å². The fourth-order valence-electron chi connectivity index (χ4n) is 1.49. The lowest BCUT2D eigenvalue weighted by molar-refractivity contribution is 0.179. The van der Waals surface area contributed by atoms with Crippen molar-refractivity contribution in [3.05, 3.63) is 0 Å². The van der Waals surface area contributed by atoms with Crippen molar-refractivity contribution < 1.29 is 4.74 Å². The average molecular weight is 143 g/mol. The molecule has 0 aromatic heterocycles. The lowest BCUT2D eigenvalue weighted by atomic mass is 9.91. The molecule has 1 fully saturated rings. The summed E-state index contributed by atoms with van der Waals surface area (Å²) in [6.45, 7) is 6.00. The lowest BCUT2D eigenvalue weighted by Crippen LogP contribution is -2.34. The quantitative estimate of drug-likeness (QED) is 0.629. The highest BCUT2D eigenvalue weighted by atomic mass is 16.5. The first-order valence-corrected chi connectivity index (χ1v) is 3.94. The molecule has 1 aliphatic heterocycles. The summed E-state index contributed by atoms with van der Waals surface area (Å²) in [7, 11) is 0. The summed E-state index contributed by atoms with van der Waals surface area (Å²) < 4.78 is 5.25. The maximum absolute atomic E-state index is 5.86. The van der Waals surface area contributed by atoms with E-state index in [2.05, 4.69) is 13.8 Å². The molecule has 0 amide bonds. The van der Waals surface area contributed by atoms with E-state index < -0.39 is 0 Å². The van der Waals surface area contributed by atoms with Crippen LogP contribution in [0.2, 0.25) is 0 Å². The van der Waals surface area contributed by atoms with E-state index in [4.69, 9.17) is 10.5 Å². The summed E-state index contributed by atoms with van der Waals surface area (Å²) in [5, 5.41) is 0. The van der Waals surface area contributed by atoms with Crippen LogP contribution in [0.4, 0.5) is 0 Å². The van der Waals surface area contributed by atoms with Crippen LogP contribution in [0.25, 0.3) is 0 Å². The van der Waals surface area contributed by atoms with Crippen LogP contribution in [0, 0.1) is 5.92 Å². The largest absolute Gasteiger partial charge is 0.381 e. The molecule has 1 rings (SSSR count). The summed E-state index contributed by atoms with van der Waals surface area (Å²) in [6, 6.07) is 0. The molecule has 2 heteroatoms. The number of hydrogen-bond acceptors (Lipinski definition) is 2. The molecule has 0 radical (unpaired) electrons. The molecule has 0 spiro atoms. The normalized spacial score (nSPS) is 27.3. The molecule has 1 atom stereocenters. The van der Waals surface area contributed by atoms with Crippen molar-refractivity contribution in [1.29, 1.82) is 0 Å². The third kappa shape index (κ3) is 2.67. The van der Waals surface area contributed by atoms with Crippen molar-refractivity contribution in [2.75, 3.05) is 13.2 Å². The Labute approximate surface area is 62.7 Å². The fourth-order valence-corrected chi connectivity index (χ4v) is 1.49. The Bertz CT molecular complexity index is 100. The van der Waals surface area contributed by atoms with Gasteiger partial charge in [-0.15, -0.1) is 0 Å². The molecule has 10 heavy (non-hydrogen) atoms. The van der Waals surface area contributed by atoms with Gasteiger partial charge in [0.25, 0.3) is 0 Å². The first kappa shape index (κ1) is 8.02. The van der Waals surface area contributed by atoms with Crippen molar-refractivity contribution in [3.63, 3.8) is 0 Å². The van der Waals surface area contributed by atoms with Gasteiger partial charge in [-0.25, -0.2) is 0 Å². The van der Waals surface area contributed by atoms with Crippen molar-refractivity contribution >= 4 is 0 Å². The van der Waals surface area contributed by atoms with E-state index in [0.29, 0.717) is 5.92 Å². The zero-order valence-corrected chi connectivity index (χ0v) is 6.89. The fraction of sp³-hybridized carbons (Fsp3) is 1.00. The third-order valence-corrected chi connectivity index (χ3v) is 1.84. The van der Waals surface area contributed by atoms with Gasteiger partial charge in [0.2, 0.25) is 0 Å². The van der Waals surface area contributed by atoms with Crippen LogP contribution in [0.1, 0.15) is 26.7 Å². The van der Waals surface area contributed by atoms with Crippen molar-refractivity contribution in [2.24, 2.45) is 11.7 Å². The Morgan fingerprint density at radius 1 is 1.60 bits per heavy atom. The first-order chi connectivity index (χ1) is 4.58. The molecule has 0 bridgehead atoms. The Morgan fingerprint density at radius 2 is 2.30 bits per heavy atom. The van der Waals surface area contributed by atoms with E-state index in [-0.39, 0.29) is 5.54 Å². The van der Waals surface area contributed by atoms with Crippen LogP contribution in [0.15, 0.2) is 0 Å². The highest BCUT2D eigenvalue weighted by molar-refractivity contribution is 4.78. The summed E-state index contributed by atoms with van der Waals surface area (Å²) in [5.41, 5.74) is 5.84. The minimum absolute atomic E-state index is 0.0155. The summed E-state index contributed by atoms with van der Waals surface area (Å²) in [4.78, 5) is 0. The zero-order valence-electron chi connectivity index (χ0n) is 6.89. The standard InChI is InChI=1S/C8H17NO/c1-8(2,9)5-7-3-4-10-6-7/h7H,3-6,9H2,1-2H3. The molecule has 1 unspecified atom stereocenters. The first-order valence-electron chi connectivity index (χ1n) is 3.94. The van der Waals surface area contributed by atoms with Crippen LogP contribution < -0.4 is 5.73 Å². The van der Waals surface area contributed by atoms with Gasteiger partial charge in [0.1, 0.15) is 0 Å². The number of rotatable bonds is 2. The van der Waals surface area contributed by atoms with Crippen molar-refractivity contribution in [3.8, 4) is 0 Å². The van der Waals surface area contributed by atoms with Gasteiger partial charge in [-0.2, -0.15) is 0 Å². The molecular weight excluding hydrogens is 126 g/mol. The Balaban J connectivity index is 2.24. The van der Waals surface area contributed by atoms with Crippen LogP contribution >= 0.6 is 0 Å². The Morgan fingerprint density at radius 3 is 2.70 bits per heavy atom. The summed E-state index contributed by atoms with van der Waals surface area (Å²) in [6.07, 6.45) is 2.29. The highest BCUT2D eigenvalue weighted by Gasteiger charge is 2.22. The van der Waals surface area contributed by atoms with E-state index in [0.717, 1.165) is 19.6 Å². The van der Waals surface area contributed by atoms with Crippen LogP contribution in [-0.2, 0) is 4.74 Å². The second kappa shape index (κ2) is 2.89. The Kier molecular flexibility index (Phi) is 2.32. The van der Waals surface area contributed by atoms with E-state index in [1.54, 1.807) is 0 Å². The SMILES string of the molecule is CC(C)(N)CC1CCOC1. The van der Waals surface area contributed by atoms with Crippen LogP contribution in [0.5, 0.6) is 0 Å². The van der Waals surface area contributed by atoms with Gasteiger partial charge in [0.05, 0.1) is 0 Å². The van der Waals surface area contributed by atoms with Gasteiger partial charge in [-0.1, -0.05) is 0 Å². The van der Waals surface area contributed by atoms with Crippen molar-refractivity contribution in [2.45, 2.75) is 32.2 Å². The number of hydrogen-bond donors (Lipinski definition) is 1. The molecule has 1 saturated heterocycles. The van der Waals surface area contributed by atoms with E-state index in [1.165, 1.54) is 6.42 Å². The van der Waals surface area contributed by atoms with Crippen LogP contribution in [0.3, 0.4) is 0 Å². The maximum atomic E-state index is 5.86. The molecule has 1 aliphatic rings. The average Bonchev–Trinajstić information content (AvgIpc) is 2.12. The molecule has 0 aliphatic carbocycles. The maximum Gasteiger partial charge on any atom is 0.0495 e. The summed E-state index contributed by atoms with van der Waals surface area (Å²) in [5.74, 6) is 0.708. The third-order valence-electron chi connectivity index (χ3n) is 1.84. The Hall–Kier alpha value is -0.0800. The second-order valence-electron chi connectivity index (χ2n) is 3.92. The monoisotopic (exact) mass is 143 g/mol. The molecule has 2 N–H and O–H groups in total. The topological polar surface area (TPSA) is 35.2 Å². The van der Waals surface area contributed by atoms with Crippen LogP contribution in [-0.4, -0.2) is 18.8 Å². The molecule has 0 aromatic carbocycles. The molecule has 1 heterocycles. The van der Waals surface area contributed by atoms with Gasteiger partial charge in [-0.05, 0) is 32.6 Å². The minimum atomic E-state index is -0.0155. The minimum Gasteiger partial charge on any atom is -0.381 e. The highest BCUT2D eigenvalue weighted by Crippen LogP contribution is 2.21. The molecular formula is C8H17NO. The second-order valence-corrected chi connectivity index (χ2v) is 3.92. The van der Waals surface area contributed by atoms with Crippen molar-refractivity contribution in [1.82, 2.24) is 0 Å². The number of ether oxygens (including phenoxy) is 1. The lowest BCUT2D eigenvalue weighted by Gasteiger charge is -2.21. The molecule has 0 saturated carbocycles. The van der Waals surface area contributed by atoms with E-state index >= 15 is 0 Å². The van der Waals surface area contributed by atoms with Gasteiger partial charge in [-0.3, -0.25) is 0 Å². The van der Waals surface area contributed by atoms with E-state index in [9.17, 15) is 0 Å². The van der Waals surface area contributed by atoms with Gasteiger partial charge in [0, 0.05) is 18.8 Å². The van der Waals surface area contributed by atoms with Gasteiger partial charge >= 0.3 is 0 Å². The zero-order chi connectivity index (χ0) is 7.61. The predicted octanol–water partition coefficient (Wildman–Crippen LogP) is 1.15. The van der Waals surface area contributed by atoms with Gasteiger partial charge in [0.15, 0.2) is 0 Å². The van der Waals surface area contributed by atoms with E-state index in [1.807, 2.05) is 0 Å². The summed E-state index contributed by atoms with van der Waals surface area (Å²) >= 11 is 0. The smallest absolute Gasteiger partial charge is 0.0495 e. The molecule has 60 valence electrons. The molecule has 2 nitrogen and oxygen atoms in total. The molecule has 0 aromatic rings.